The second-order valence-electron chi connectivity index (χ2n) is 6.86. The Kier molecular flexibility index (Phi) is 5.49. The molecule has 0 saturated heterocycles. The third kappa shape index (κ3) is 3.69. The lowest BCUT2D eigenvalue weighted by Crippen LogP contribution is -2.68. The molecule has 0 heterocycles. The van der Waals surface area contributed by atoms with E-state index in [0.29, 0.717) is 19.1 Å². The molecule has 1 spiro atoms. The van der Waals surface area contributed by atoms with Crippen molar-refractivity contribution in [2.75, 3.05) is 13.2 Å². The highest BCUT2D eigenvalue weighted by Crippen LogP contribution is 2.57. The Morgan fingerprint density at radius 1 is 1.43 bits per heavy atom. The van der Waals surface area contributed by atoms with E-state index in [4.69, 9.17) is 4.74 Å². The molecule has 21 heavy (non-hydrogen) atoms. The number of carbonyl (C=O) groups is 1. The van der Waals surface area contributed by atoms with Crippen LogP contribution < -0.4 is 10.6 Å². The van der Waals surface area contributed by atoms with Gasteiger partial charge in [0.1, 0.15) is 0 Å². The second-order valence-corrected chi connectivity index (χ2v) is 6.86. The number of aliphatic hydroxyl groups is 1. The largest absolute Gasteiger partial charge is 0.393 e. The van der Waals surface area contributed by atoms with E-state index in [1.54, 1.807) is 6.92 Å². The Labute approximate surface area is 127 Å². The van der Waals surface area contributed by atoms with Gasteiger partial charge in [-0.25, -0.2) is 4.79 Å². The van der Waals surface area contributed by atoms with Gasteiger partial charge >= 0.3 is 6.03 Å². The molecule has 0 radical (unpaired) electrons. The maximum atomic E-state index is 12.0. The van der Waals surface area contributed by atoms with Gasteiger partial charge in [0.15, 0.2) is 0 Å². The van der Waals surface area contributed by atoms with Crippen LogP contribution in [0.25, 0.3) is 0 Å². The maximum absolute atomic E-state index is 12.0. The lowest BCUT2D eigenvalue weighted by molar-refractivity contribution is -0.169. The van der Waals surface area contributed by atoms with Crippen LogP contribution in [-0.4, -0.2) is 42.5 Å². The normalized spacial score (nSPS) is 29.1. The van der Waals surface area contributed by atoms with E-state index in [1.165, 1.54) is 19.3 Å². The fraction of sp³-hybridized carbons (Fsp3) is 0.938. The van der Waals surface area contributed by atoms with E-state index in [0.717, 1.165) is 13.0 Å². The Bertz CT molecular complexity index is 355. The summed E-state index contributed by atoms with van der Waals surface area (Å²) in [5.74, 6) is 0.283. The van der Waals surface area contributed by atoms with Gasteiger partial charge in [0.2, 0.25) is 0 Å². The van der Waals surface area contributed by atoms with E-state index >= 15 is 0 Å². The molecule has 5 nitrogen and oxygen atoms in total. The zero-order valence-corrected chi connectivity index (χ0v) is 13.5. The van der Waals surface area contributed by atoms with E-state index in [1.807, 2.05) is 13.8 Å². The number of hydrogen-bond donors (Lipinski definition) is 3. The van der Waals surface area contributed by atoms with Gasteiger partial charge in [-0.2, -0.15) is 0 Å². The van der Waals surface area contributed by atoms with Gasteiger partial charge in [0.25, 0.3) is 0 Å². The van der Waals surface area contributed by atoms with Crippen LogP contribution in [0.5, 0.6) is 0 Å². The van der Waals surface area contributed by atoms with Crippen molar-refractivity contribution in [2.24, 2.45) is 11.3 Å². The van der Waals surface area contributed by atoms with Crippen molar-refractivity contribution in [1.82, 2.24) is 10.6 Å². The standard InChI is InChI=1S/C16H30N2O3/c1-4-21-14-9-13(16(14)6-5-7-16)18-15(20)17-10-11(2)8-12(3)19/h11-14,19H,4-10H2,1-3H3,(H2,17,18,20). The molecule has 0 aliphatic heterocycles. The zero-order chi connectivity index (χ0) is 15.5. The first kappa shape index (κ1) is 16.6. The Hall–Kier alpha value is -0.810. The number of nitrogens with one attached hydrogen (secondary N) is 2. The molecule has 2 aliphatic carbocycles. The first-order chi connectivity index (χ1) is 9.98. The number of carbonyl (C=O) groups excluding carboxylic acids is 1. The van der Waals surface area contributed by atoms with Crippen molar-refractivity contribution in [2.45, 2.75) is 71.1 Å². The van der Waals surface area contributed by atoms with Gasteiger partial charge in [-0.1, -0.05) is 13.3 Å². The average molecular weight is 298 g/mol. The molecule has 2 aliphatic rings. The van der Waals surface area contributed by atoms with Crippen LogP contribution in [0, 0.1) is 11.3 Å². The molecule has 4 unspecified atom stereocenters. The Balaban J connectivity index is 1.71. The van der Waals surface area contributed by atoms with Crippen molar-refractivity contribution in [3.8, 4) is 0 Å². The third-order valence-electron chi connectivity index (χ3n) is 5.10. The zero-order valence-electron chi connectivity index (χ0n) is 13.5. The smallest absolute Gasteiger partial charge is 0.315 e. The van der Waals surface area contributed by atoms with Crippen LogP contribution in [0.3, 0.4) is 0 Å². The monoisotopic (exact) mass is 298 g/mol. The number of hydrogen-bond acceptors (Lipinski definition) is 3. The van der Waals surface area contributed by atoms with Crippen molar-refractivity contribution in [1.29, 1.82) is 0 Å². The summed E-state index contributed by atoms with van der Waals surface area (Å²) in [6, 6.07) is 0.175. The SMILES string of the molecule is CCOC1CC(NC(=O)NCC(C)CC(C)O)C12CCC2. The van der Waals surface area contributed by atoms with Crippen molar-refractivity contribution < 1.29 is 14.6 Å². The molecule has 3 N–H and O–H groups in total. The molecule has 0 aromatic rings. The van der Waals surface area contributed by atoms with Crippen LogP contribution in [0.1, 0.15) is 52.9 Å². The highest BCUT2D eigenvalue weighted by atomic mass is 16.5. The van der Waals surface area contributed by atoms with Gasteiger partial charge in [0, 0.05) is 24.6 Å². The van der Waals surface area contributed by atoms with Crippen molar-refractivity contribution >= 4 is 6.03 Å². The molecular formula is C16H30N2O3. The average Bonchev–Trinajstić information content (AvgIpc) is 2.32. The molecule has 0 aromatic heterocycles. The predicted octanol–water partition coefficient (Wildman–Crippen LogP) is 2.04. The summed E-state index contributed by atoms with van der Waals surface area (Å²) >= 11 is 0. The van der Waals surface area contributed by atoms with Crippen LogP contribution in [0.4, 0.5) is 4.79 Å². The summed E-state index contributed by atoms with van der Waals surface area (Å²) in [5.41, 5.74) is 0.207. The van der Waals surface area contributed by atoms with Crippen LogP contribution >= 0.6 is 0 Å². The van der Waals surface area contributed by atoms with Gasteiger partial charge in [-0.15, -0.1) is 0 Å². The molecule has 2 rings (SSSR count). The molecule has 2 saturated carbocycles. The summed E-state index contributed by atoms with van der Waals surface area (Å²) in [5, 5.41) is 15.4. The molecule has 2 fully saturated rings. The minimum atomic E-state index is -0.318. The van der Waals surface area contributed by atoms with Crippen molar-refractivity contribution in [3.05, 3.63) is 0 Å². The highest BCUT2D eigenvalue weighted by Gasteiger charge is 2.59. The van der Waals surface area contributed by atoms with Gasteiger partial charge in [-0.3, -0.25) is 0 Å². The van der Waals surface area contributed by atoms with E-state index in [9.17, 15) is 9.90 Å². The van der Waals surface area contributed by atoms with Gasteiger partial charge in [-0.05, 0) is 45.4 Å². The maximum Gasteiger partial charge on any atom is 0.315 e. The molecular weight excluding hydrogens is 268 g/mol. The highest BCUT2D eigenvalue weighted by molar-refractivity contribution is 5.74. The molecule has 0 bridgehead atoms. The minimum absolute atomic E-state index is 0.0846. The number of urea groups is 1. The summed E-state index contributed by atoms with van der Waals surface area (Å²) < 4.78 is 5.79. The Morgan fingerprint density at radius 3 is 2.67 bits per heavy atom. The molecule has 2 amide bonds. The third-order valence-corrected chi connectivity index (χ3v) is 5.10. The fourth-order valence-corrected chi connectivity index (χ4v) is 3.78. The lowest BCUT2D eigenvalue weighted by Gasteiger charge is -2.60. The van der Waals surface area contributed by atoms with Gasteiger partial charge < -0.3 is 20.5 Å². The predicted molar refractivity (Wildman–Crippen MR) is 82.1 cm³/mol. The van der Waals surface area contributed by atoms with E-state index < -0.39 is 0 Å². The number of ether oxygens (including phenoxy) is 1. The molecule has 4 atom stereocenters. The number of rotatable bonds is 7. The quantitative estimate of drug-likeness (QED) is 0.673. The summed E-state index contributed by atoms with van der Waals surface area (Å²) in [6.07, 6.45) is 5.24. The first-order valence-corrected chi connectivity index (χ1v) is 8.32. The van der Waals surface area contributed by atoms with Gasteiger partial charge in [0.05, 0.1) is 12.2 Å². The minimum Gasteiger partial charge on any atom is -0.393 e. The topological polar surface area (TPSA) is 70.6 Å². The second kappa shape index (κ2) is 6.97. The fourth-order valence-electron chi connectivity index (χ4n) is 3.78. The number of amides is 2. The summed E-state index contributed by atoms with van der Waals surface area (Å²) in [6.45, 7) is 7.20. The van der Waals surface area contributed by atoms with Crippen molar-refractivity contribution in [3.63, 3.8) is 0 Å². The summed E-state index contributed by atoms with van der Waals surface area (Å²) in [7, 11) is 0. The molecule has 0 aromatic carbocycles. The first-order valence-electron chi connectivity index (χ1n) is 8.32. The summed E-state index contributed by atoms with van der Waals surface area (Å²) in [4.78, 5) is 12.0. The lowest BCUT2D eigenvalue weighted by atomic mass is 9.51. The van der Waals surface area contributed by atoms with Crippen LogP contribution in [0.15, 0.2) is 0 Å². The molecule has 5 heteroatoms. The van der Waals surface area contributed by atoms with E-state index in [2.05, 4.69) is 10.6 Å². The van der Waals surface area contributed by atoms with Crippen LogP contribution in [0.2, 0.25) is 0 Å². The molecule has 122 valence electrons. The van der Waals surface area contributed by atoms with E-state index in [-0.39, 0.29) is 29.5 Å². The number of aliphatic hydroxyl groups excluding tert-OH is 1. The van der Waals surface area contributed by atoms with Crippen LogP contribution in [-0.2, 0) is 4.74 Å². The Morgan fingerprint density at radius 2 is 2.14 bits per heavy atom.